The molecule has 2 aromatic carbocycles. The van der Waals surface area contributed by atoms with Gasteiger partial charge in [0, 0.05) is 11.3 Å². The average molecular weight is 351 g/mol. The highest BCUT2D eigenvalue weighted by atomic mass is 32.1. The molecule has 1 heterocycles. The number of aromatic nitrogens is 2. The number of aryl methyl sites for hydroxylation is 1. The first-order valence-corrected chi connectivity index (χ1v) is 8.04. The van der Waals surface area contributed by atoms with Crippen LogP contribution in [0.5, 0.6) is 0 Å². The van der Waals surface area contributed by atoms with Crippen molar-refractivity contribution >= 4 is 23.1 Å². The molecule has 0 aliphatic carbocycles. The van der Waals surface area contributed by atoms with Crippen LogP contribution in [-0.4, -0.2) is 20.7 Å². The Kier molecular flexibility index (Phi) is 4.76. The number of carbonyl (C=O) groups is 1. The van der Waals surface area contributed by atoms with E-state index in [1.54, 1.807) is 16.8 Å². The smallest absolute Gasteiger partial charge is 0.198 e. The molecule has 0 fully saturated rings. The third-order valence-electron chi connectivity index (χ3n) is 3.64. The number of nitrogens with one attached hydrogen (secondary N) is 2. The predicted octanol–water partition coefficient (Wildman–Crippen LogP) is 1.99. The molecule has 126 valence electrons. The van der Waals surface area contributed by atoms with Crippen molar-refractivity contribution in [3.8, 4) is 5.69 Å². The van der Waals surface area contributed by atoms with Crippen molar-refractivity contribution in [2.24, 2.45) is 10.8 Å². The Morgan fingerprint density at radius 1 is 1.12 bits per heavy atom. The number of nitrogens with two attached hydrogens (primary N) is 1. The summed E-state index contributed by atoms with van der Waals surface area (Å²) in [6.07, 6.45) is 0. The van der Waals surface area contributed by atoms with E-state index in [0.29, 0.717) is 22.3 Å². The summed E-state index contributed by atoms with van der Waals surface area (Å²) < 4.78 is 1.72. The average Bonchev–Trinajstić information content (AvgIpc) is 2.97. The standard InChI is InChI=1S/C18H17N5OS/c1-12-15(16(24)13-8-4-2-5-9-13)17(20-21-18(19)25)23(22-12)14-10-6-3-7-11-14/h2-11,22H,1H3,(H3,19,21,25). The topological polar surface area (TPSA) is 88.2 Å². The molecule has 7 heteroatoms. The number of nitrogens with zero attached hydrogens (tertiary/aromatic N) is 2. The summed E-state index contributed by atoms with van der Waals surface area (Å²) in [6, 6.07) is 18.6. The van der Waals surface area contributed by atoms with Crippen molar-refractivity contribution in [3.05, 3.63) is 83.0 Å². The summed E-state index contributed by atoms with van der Waals surface area (Å²) in [6.45, 7) is 1.83. The minimum Gasteiger partial charge on any atom is -0.375 e. The van der Waals surface area contributed by atoms with Crippen LogP contribution in [0.1, 0.15) is 21.6 Å². The van der Waals surface area contributed by atoms with Crippen LogP contribution in [0.15, 0.2) is 65.8 Å². The van der Waals surface area contributed by atoms with E-state index in [0.717, 1.165) is 5.69 Å². The normalized spacial score (nSPS) is 11.3. The van der Waals surface area contributed by atoms with Crippen LogP contribution in [0.3, 0.4) is 0 Å². The molecule has 1 aromatic heterocycles. The van der Waals surface area contributed by atoms with Gasteiger partial charge < -0.3 is 5.73 Å². The monoisotopic (exact) mass is 351 g/mol. The van der Waals surface area contributed by atoms with E-state index in [1.807, 2.05) is 55.5 Å². The van der Waals surface area contributed by atoms with Gasteiger partial charge in [0.25, 0.3) is 0 Å². The van der Waals surface area contributed by atoms with Crippen LogP contribution < -0.4 is 16.6 Å². The third-order valence-corrected chi connectivity index (χ3v) is 3.73. The Balaban J connectivity index is 2.22. The van der Waals surface area contributed by atoms with E-state index in [2.05, 4.69) is 15.6 Å². The van der Waals surface area contributed by atoms with Gasteiger partial charge in [-0.2, -0.15) is 5.10 Å². The number of hydrogen-bond acceptors (Lipinski definition) is 3. The van der Waals surface area contributed by atoms with E-state index in [9.17, 15) is 4.79 Å². The zero-order chi connectivity index (χ0) is 17.8. The Morgan fingerprint density at radius 3 is 2.32 bits per heavy atom. The van der Waals surface area contributed by atoms with E-state index < -0.39 is 0 Å². The molecule has 6 nitrogen and oxygen atoms in total. The highest BCUT2D eigenvalue weighted by Gasteiger charge is 2.19. The second kappa shape index (κ2) is 7.14. The molecule has 0 aliphatic rings. The number of benzene rings is 2. The van der Waals surface area contributed by atoms with Crippen molar-refractivity contribution in [1.82, 2.24) is 15.2 Å². The fourth-order valence-corrected chi connectivity index (χ4v) is 2.59. The molecular weight excluding hydrogens is 334 g/mol. The molecule has 0 saturated heterocycles. The zero-order valence-electron chi connectivity index (χ0n) is 13.6. The molecule has 4 N–H and O–H groups in total. The minimum absolute atomic E-state index is 0.0246. The largest absolute Gasteiger partial charge is 0.375 e. The van der Waals surface area contributed by atoms with Crippen molar-refractivity contribution in [1.29, 1.82) is 0 Å². The van der Waals surface area contributed by atoms with E-state index in [-0.39, 0.29) is 10.9 Å². The molecule has 0 saturated carbocycles. The molecule has 0 radical (unpaired) electrons. The third kappa shape index (κ3) is 3.51. The number of hydrogen-bond donors (Lipinski definition) is 3. The van der Waals surface area contributed by atoms with Gasteiger partial charge in [0.15, 0.2) is 16.4 Å². The lowest BCUT2D eigenvalue weighted by Crippen LogP contribution is -2.31. The first kappa shape index (κ1) is 16.7. The molecule has 0 bridgehead atoms. The number of ketones is 1. The quantitative estimate of drug-likeness (QED) is 0.381. The maximum atomic E-state index is 13.0. The van der Waals surface area contributed by atoms with E-state index in [1.165, 1.54) is 0 Å². The summed E-state index contributed by atoms with van der Waals surface area (Å²) in [7, 11) is 0. The SMILES string of the molecule is Cc1[nH]n(-c2ccccc2)c(=NNC(N)=S)c1C(=O)c1ccccc1. The number of aromatic amines is 1. The lowest BCUT2D eigenvalue weighted by atomic mass is 10.0. The lowest BCUT2D eigenvalue weighted by molar-refractivity contribution is 0.103. The number of carbonyl (C=O) groups excluding carboxylic acids is 1. The van der Waals surface area contributed by atoms with Gasteiger partial charge in [-0.3, -0.25) is 15.3 Å². The van der Waals surface area contributed by atoms with Gasteiger partial charge in [-0.25, -0.2) is 4.68 Å². The summed E-state index contributed by atoms with van der Waals surface area (Å²) in [4.78, 5) is 13.0. The Morgan fingerprint density at radius 2 is 1.72 bits per heavy atom. The van der Waals surface area contributed by atoms with Gasteiger partial charge in [0.05, 0.1) is 11.3 Å². The molecule has 0 spiro atoms. The van der Waals surface area contributed by atoms with Gasteiger partial charge in [-0.1, -0.05) is 48.5 Å². The predicted molar refractivity (Wildman–Crippen MR) is 100 cm³/mol. The molecular formula is C18H17N5OS. The molecule has 3 rings (SSSR count). The van der Waals surface area contributed by atoms with Gasteiger partial charge in [0.1, 0.15) is 0 Å². The maximum Gasteiger partial charge on any atom is 0.198 e. The summed E-state index contributed by atoms with van der Waals surface area (Å²) in [5.74, 6) is -0.132. The number of para-hydroxylation sites is 1. The molecule has 0 amide bonds. The van der Waals surface area contributed by atoms with Gasteiger partial charge in [-0.15, -0.1) is 0 Å². The number of H-pyrrole nitrogens is 1. The van der Waals surface area contributed by atoms with Crippen LogP contribution >= 0.6 is 12.2 Å². The zero-order valence-corrected chi connectivity index (χ0v) is 14.4. The van der Waals surface area contributed by atoms with Gasteiger partial charge in [0.2, 0.25) is 0 Å². The minimum atomic E-state index is -0.132. The number of thiocarbonyl (C=S) groups is 1. The fourth-order valence-electron chi connectivity index (χ4n) is 2.54. The van der Waals surface area contributed by atoms with Gasteiger partial charge >= 0.3 is 0 Å². The first-order chi connectivity index (χ1) is 12.1. The van der Waals surface area contributed by atoms with Crippen LogP contribution in [0.4, 0.5) is 0 Å². The second-order valence-electron chi connectivity index (χ2n) is 5.39. The lowest BCUT2D eigenvalue weighted by Gasteiger charge is -2.04. The highest BCUT2D eigenvalue weighted by Crippen LogP contribution is 2.12. The Hall–Kier alpha value is -3.19. The van der Waals surface area contributed by atoms with Crippen LogP contribution in [0.25, 0.3) is 5.69 Å². The fraction of sp³-hybridized carbons (Fsp3) is 0.0556. The van der Waals surface area contributed by atoms with Crippen LogP contribution in [0.2, 0.25) is 0 Å². The van der Waals surface area contributed by atoms with Gasteiger partial charge in [-0.05, 0) is 31.3 Å². The summed E-state index contributed by atoms with van der Waals surface area (Å²) in [5.41, 5.74) is 11.0. The van der Waals surface area contributed by atoms with Crippen LogP contribution in [0, 0.1) is 6.92 Å². The van der Waals surface area contributed by atoms with Crippen LogP contribution in [-0.2, 0) is 0 Å². The molecule has 25 heavy (non-hydrogen) atoms. The highest BCUT2D eigenvalue weighted by molar-refractivity contribution is 7.80. The Labute approximate surface area is 150 Å². The van der Waals surface area contributed by atoms with E-state index >= 15 is 0 Å². The Bertz CT molecular complexity index is 974. The van der Waals surface area contributed by atoms with E-state index in [4.69, 9.17) is 18.0 Å². The van der Waals surface area contributed by atoms with Crippen molar-refractivity contribution in [2.45, 2.75) is 6.92 Å². The number of rotatable bonds is 4. The summed E-state index contributed by atoms with van der Waals surface area (Å²) >= 11 is 4.83. The first-order valence-electron chi connectivity index (χ1n) is 7.64. The second-order valence-corrected chi connectivity index (χ2v) is 5.83. The molecule has 0 aliphatic heterocycles. The van der Waals surface area contributed by atoms with Crippen molar-refractivity contribution in [2.75, 3.05) is 0 Å². The van der Waals surface area contributed by atoms with Crippen molar-refractivity contribution in [3.63, 3.8) is 0 Å². The molecule has 0 unspecified atom stereocenters. The molecule has 0 atom stereocenters. The summed E-state index contributed by atoms with van der Waals surface area (Å²) in [5, 5.41) is 7.45. The molecule has 3 aromatic rings. The maximum absolute atomic E-state index is 13.0. The van der Waals surface area contributed by atoms with Crippen molar-refractivity contribution < 1.29 is 4.79 Å².